The number of hydrogen-bond acceptors (Lipinski definition) is 2. The fraction of sp³-hybridized carbons (Fsp3) is 0.500. The Morgan fingerprint density at radius 3 is 2.86 bits per heavy atom. The van der Waals surface area contributed by atoms with E-state index in [0.717, 1.165) is 13.0 Å². The maximum Gasteiger partial charge on any atom is 0.0502 e. The van der Waals surface area contributed by atoms with Gasteiger partial charge in [-0.3, -0.25) is 0 Å². The summed E-state index contributed by atoms with van der Waals surface area (Å²) in [4.78, 5) is 0. The zero-order chi connectivity index (χ0) is 10.4. The van der Waals surface area contributed by atoms with Gasteiger partial charge in [-0.05, 0) is 17.5 Å². The van der Waals surface area contributed by atoms with Crippen molar-refractivity contribution >= 4 is 0 Å². The summed E-state index contributed by atoms with van der Waals surface area (Å²) in [5.41, 5.74) is 2.46. The predicted octanol–water partition coefficient (Wildman–Crippen LogP) is 1.97. The first-order chi connectivity index (χ1) is 6.77. The van der Waals surface area contributed by atoms with Gasteiger partial charge in [-0.15, -0.1) is 0 Å². The van der Waals surface area contributed by atoms with E-state index < -0.39 is 0 Å². The Bertz CT molecular complexity index is 271. The molecule has 0 aliphatic rings. The molecule has 0 amide bonds. The minimum Gasteiger partial charge on any atom is -0.396 e. The Balaban J connectivity index is 2.68. The van der Waals surface area contributed by atoms with Crippen LogP contribution in [0.2, 0.25) is 0 Å². The van der Waals surface area contributed by atoms with Crippen molar-refractivity contribution in [1.29, 1.82) is 0 Å². The molecule has 78 valence electrons. The first kappa shape index (κ1) is 11.2. The second kappa shape index (κ2) is 5.78. The van der Waals surface area contributed by atoms with Crippen molar-refractivity contribution in [2.75, 3.05) is 20.3 Å². The highest BCUT2D eigenvalue weighted by Crippen LogP contribution is 2.16. The van der Waals surface area contributed by atoms with E-state index in [2.05, 4.69) is 18.2 Å². The number of aliphatic hydroxyl groups is 1. The summed E-state index contributed by atoms with van der Waals surface area (Å²) in [5, 5.41) is 9.03. The van der Waals surface area contributed by atoms with Gasteiger partial charge in [-0.1, -0.05) is 31.2 Å². The van der Waals surface area contributed by atoms with Gasteiger partial charge in [-0.2, -0.15) is 0 Å². The summed E-state index contributed by atoms with van der Waals surface area (Å²) < 4.78 is 5.02. The zero-order valence-electron chi connectivity index (χ0n) is 8.86. The average molecular weight is 194 g/mol. The monoisotopic (exact) mass is 194 g/mol. The van der Waals surface area contributed by atoms with Crippen LogP contribution < -0.4 is 0 Å². The van der Waals surface area contributed by atoms with Gasteiger partial charge >= 0.3 is 0 Å². The molecule has 0 bridgehead atoms. The Hall–Kier alpha value is -0.860. The van der Waals surface area contributed by atoms with Crippen LogP contribution in [0.1, 0.15) is 24.0 Å². The summed E-state index contributed by atoms with van der Waals surface area (Å²) in [6.07, 6.45) is 0.933. The molecule has 1 atom stereocenters. The number of ether oxygens (including phenoxy) is 1. The van der Waals surface area contributed by atoms with Gasteiger partial charge in [0.15, 0.2) is 0 Å². The van der Waals surface area contributed by atoms with E-state index in [1.54, 1.807) is 7.11 Å². The molecule has 14 heavy (non-hydrogen) atoms. The minimum atomic E-state index is 0.202. The highest BCUT2D eigenvalue weighted by atomic mass is 16.5. The third kappa shape index (κ3) is 3.13. The molecule has 1 aromatic rings. The molecule has 0 radical (unpaired) electrons. The van der Waals surface area contributed by atoms with E-state index >= 15 is 0 Å². The maximum atomic E-state index is 9.03. The van der Waals surface area contributed by atoms with E-state index in [9.17, 15) is 0 Å². The van der Waals surface area contributed by atoms with E-state index in [-0.39, 0.29) is 12.5 Å². The molecular weight excluding hydrogens is 176 g/mol. The van der Waals surface area contributed by atoms with Gasteiger partial charge in [0.1, 0.15) is 0 Å². The van der Waals surface area contributed by atoms with Crippen molar-refractivity contribution in [1.82, 2.24) is 0 Å². The maximum absolute atomic E-state index is 9.03. The molecule has 0 heterocycles. The average Bonchev–Trinajstić information content (AvgIpc) is 2.25. The first-order valence-corrected chi connectivity index (χ1v) is 4.96. The van der Waals surface area contributed by atoms with Crippen molar-refractivity contribution in [2.45, 2.75) is 19.3 Å². The fourth-order valence-corrected chi connectivity index (χ4v) is 1.38. The summed E-state index contributed by atoms with van der Waals surface area (Å²) in [6, 6.07) is 8.32. The van der Waals surface area contributed by atoms with Crippen LogP contribution in [0.15, 0.2) is 24.3 Å². The fourth-order valence-electron chi connectivity index (χ4n) is 1.38. The number of methoxy groups -OCH3 is 1. The smallest absolute Gasteiger partial charge is 0.0502 e. The Labute approximate surface area is 85.5 Å². The number of aliphatic hydroxyl groups excluding tert-OH is 1. The molecule has 0 aromatic heterocycles. The van der Waals surface area contributed by atoms with Crippen molar-refractivity contribution < 1.29 is 9.84 Å². The third-order valence-corrected chi connectivity index (χ3v) is 2.39. The van der Waals surface area contributed by atoms with Gasteiger partial charge in [0, 0.05) is 19.6 Å². The van der Waals surface area contributed by atoms with E-state index in [1.165, 1.54) is 11.1 Å². The minimum absolute atomic E-state index is 0.202. The van der Waals surface area contributed by atoms with Gasteiger partial charge in [0.25, 0.3) is 0 Å². The second-order valence-corrected chi connectivity index (χ2v) is 3.57. The lowest BCUT2D eigenvalue weighted by molar-refractivity contribution is 0.202. The molecule has 0 fully saturated rings. The Morgan fingerprint density at radius 2 is 2.21 bits per heavy atom. The normalized spacial score (nSPS) is 12.8. The summed E-state index contributed by atoms with van der Waals surface area (Å²) >= 11 is 0. The quantitative estimate of drug-likeness (QED) is 0.776. The predicted molar refractivity (Wildman–Crippen MR) is 57.5 cm³/mol. The lowest BCUT2D eigenvalue weighted by Crippen LogP contribution is -2.01. The molecule has 1 unspecified atom stereocenters. The van der Waals surface area contributed by atoms with Crippen molar-refractivity contribution in [3.05, 3.63) is 35.4 Å². The van der Waals surface area contributed by atoms with E-state index in [1.807, 2.05) is 13.0 Å². The Morgan fingerprint density at radius 1 is 1.43 bits per heavy atom. The lowest BCUT2D eigenvalue weighted by atomic mass is 9.99. The third-order valence-electron chi connectivity index (χ3n) is 2.39. The summed E-state index contributed by atoms with van der Waals surface area (Å²) in [6.45, 7) is 2.97. The highest BCUT2D eigenvalue weighted by Gasteiger charge is 2.03. The molecule has 0 saturated carbocycles. The van der Waals surface area contributed by atoms with Crippen LogP contribution in [0.25, 0.3) is 0 Å². The topological polar surface area (TPSA) is 29.5 Å². The highest BCUT2D eigenvalue weighted by molar-refractivity contribution is 5.26. The molecule has 0 spiro atoms. The van der Waals surface area contributed by atoms with Crippen molar-refractivity contribution in [3.63, 3.8) is 0 Å². The van der Waals surface area contributed by atoms with Gasteiger partial charge in [0.2, 0.25) is 0 Å². The second-order valence-electron chi connectivity index (χ2n) is 3.57. The van der Waals surface area contributed by atoms with Crippen LogP contribution in [0.4, 0.5) is 0 Å². The molecular formula is C12H18O2. The van der Waals surface area contributed by atoms with Crippen LogP contribution in [-0.2, 0) is 11.2 Å². The van der Waals surface area contributed by atoms with Crippen LogP contribution >= 0.6 is 0 Å². The number of benzene rings is 1. The van der Waals surface area contributed by atoms with E-state index in [0.29, 0.717) is 0 Å². The van der Waals surface area contributed by atoms with E-state index in [4.69, 9.17) is 9.84 Å². The molecule has 1 N–H and O–H groups in total. The molecule has 0 aliphatic heterocycles. The van der Waals surface area contributed by atoms with Crippen LogP contribution in [0, 0.1) is 0 Å². The SMILES string of the molecule is COCCc1cccc(C(C)CO)c1. The van der Waals surface area contributed by atoms with Crippen molar-refractivity contribution in [3.8, 4) is 0 Å². The van der Waals surface area contributed by atoms with Gasteiger partial charge in [0.05, 0.1) is 6.61 Å². The first-order valence-electron chi connectivity index (χ1n) is 4.96. The molecule has 1 aromatic carbocycles. The number of rotatable bonds is 5. The molecule has 2 nitrogen and oxygen atoms in total. The van der Waals surface area contributed by atoms with Crippen LogP contribution in [-0.4, -0.2) is 25.4 Å². The lowest BCUT2D eigenvalue weighted by Gasteiger charge is -2.09. The molecule has 1 rings (SSSR count). The van der Waals surface area contributed by atoms with Crippen LogP contribution in [0.3, 0.4) is 0 Å². The number of hydrogen-bond donors (Lipinski definition) is 1. The summed E-state index contributed by atoms with van der Waals surface area (Å²) in [7, 11) is 1.71. The molecule has 0 aliphatic carbocycles. The van der Waals surface area contributed by atoms with Crippen LogP contribution in [0.5, 0.6) is 0 Å². The summed E-state index contributed by atoms with van der Waals surface area (Å²) in [5.74, 6) is 0.220. The largest absolute Gasteiger partial charge is 0.396 e. The van der Waals surface area contributed by atoms with Gasteiger partial charge in [-0.25, -0.2) is 0 Å². The molecule has 0 saturated heterocycles. The van der Waals surface area contributed by atoms with Crippen molar-refractivity contribution in [2.24, 2.45) is 0 Å². The molecule has 2 heteroatoms. The van der Waals surface area contributed by atoms with Gasteiger partial charge < -0.3 is 9.84 Å². The zero-order valence-corrected chi connectivity index (χ0v) is 8.86. The Kier molecular flexibility index (Phi) is 4.63. The standard InChI is InChI=1S/C12H18O2/c1-10(9-13)12-5-3-4-11(8-12)6-7-14-2/h3-5,8,10,13H,6-7,9H2,1-2H3.